The highest BCUT2D eigenvalue weighted by molar-refractivity contribution is 5.98. The normalized spacial score (nSPS) is 20.5. The summed E-state index contributed by atoms with van der Waals surface area (Å²) < 4.78 is 11.0. The van der Waals surface area contributed by atoms with E-state index >= 15 is 0 Å². The van der Waals surface area contributed by atoms with E-state index in [1.807, 2.05) is 18.3 Å². The van der Waals surface area contributed by atoms with Crippen molar-refractivity contribution in [1.82, 2.24) is 20.2 Å². The number of rotatable bonds is 6. The summed E-state index contributed by atoms with van der Waals surface area (Å²) in [4.78, 5) is 34.4. The van der Waals surface area contributed by atoms with E-state index in [-0.39, 0.29) is 23.7 Å². The summed E-state index contributed by atoms with van der Waals surface area (Å²) in [7, 11) is 0. The maximum Gasteiger partial charge on any atom is 0.321 e. The number of likely N-dealkylation sites (tertiary alicyclic amines) is 1. The van der Waals surface area contributed by atoms with Crippen LogP contribution in [0.15, 0.2) is 65.8 Å². The molecule has 0 aliphatic carbocycles. The number of oxazole rings is 1. The zero-order valence-corrected chi connectivity index (χ0v) is 16.6. The van der Waals surface area contributed by atoms with Gasteiger partial charge in [0.25, 0.3) is 0 Å². The number of anilines is 1. The minimum Gasteiger partial charge on any atom is -0.487 e. The number of hydrogen-bond donors (Lipinski definition) is 2. The van der Waals surface area contributed by atoms with Crippen LogP contribution in [-0.2, 0) is 0 Å². The molecule has 31 heavy (non-hydrogen) atoms. The number of nitrogens with one attached hydrogen (secondary N) is 2. The number of benzene rings is 1. The van der Waals surface area contributed by atoms with Crippen molar-refractivity contribution in [2.24, 2.45) is 0 Å². The molecule has 0 spiro atoms. The van der Waals surface area contributed by atoms with Gasteiger partial charge in [0, 0.05) is 43.6 Å². The van der Waals surface area contributed by atoms with Gasteiger partial charge in [-0.25, -0.2) is 9.78 Å². The van der Waals surface area contributed by atoms with Gasteiger partial charge in [0.1, 0.15) is 17.9 Å². The molecule has 2 unspecified atom stereocenters. The lowest BCUT2D eigenvalue weighted by atomic mass is 9.93. The molecule has 2 fully saturated rings. The molecule has 2 amide bonds. The van der Waals surface area contributed by atoms with E-state index in [9.17, 15) is 9.59 Å². The number of hydrogen-bond acceptors (Lipinski definition) is 7. The largest absolute Gasteiger partial charge is 0.487 e. The zero-order chi connectivity index (χ0) is 21.2. The molecule has 2 aliphatic heterocycles. The fourth-order valence-corrected chi connectivity index (χ4v) is 3.66. The fraction of sp³-hybridized carbons (Fsp3) is 0.273. The predicted octanol–water partition coefficient (Wildman–Crippen LogP) is 2.30. The maximum atomic E-state index is 12.4. The Hall–Kier alpha value is -3.72. The van der Waals surface area contributed by atoms with Crippen molar-refractivity contribution in [2.45, 2.75) is 18.1 Å². The van der Waals surface area contributed by atoms with Gasteiger partial charge in [0.2, 0.25) is 5.78 Å². The quantitative estimate of drug-likeness (QED) is 0.590. The molecule has 2 aliphatic rings. The molecule has 2 aromatic heterocycles. The molecule has 5 rings (SSSR count). The second kappa shape index (κ2) is 8.19. The number of ketones is 1. The van der Waals surface area contributed by atoms with Crippen molar-refractivity contribution in [3.05, 3.63) is 72.7 Å². The highest BCUT2D eigenvalue weighted by atomic mass is 16.5. The number of nitrogens with zero attached hydrogens (tertiary/aromatic N) is 3. The van der Waals surface area contributed by atoms with Gasteiger partial charge in [-0.1, -0.05) is 6.07 Å². The van der Waals surface area contributed by atoms with Crippen molar-refractivity contribution in [3.8, 4) is 5.75 Å². The average molecular weight is 419 g/mol. The number of ether oxygens (including phenoxy) is 1. The molecule has 1 aromatic carbocycles. The zero-order valence-electron chi connectivity index (χ0n) is 16.6. The monoisotopic (exact) mass is 419 g/mol. The Morgan fingerprint density at radius 1 is 1.13 bits per heavy atom. The van der Waals surface area contributed by atoms with E-state index in [0.29, 0.717) is 37.0 Å². The van der Waals surface area contributed by atoms with Gasteiger partial charge < -0.3 is 24.7 Å². The van der Waals surface area contributed by atoms with Crippen LogP contribution in [0.3, 0.4) is 0 Å². The topological polar surface area (TPSA) is 110 Å². The summed E-state index contributed by atoms with van der Waals surface area (Å²) in [5.74, 6) is 0.983. The molecule has 0 radical (unpaired) electrons. The van der Waals surface area contributed by atoms with Crippen molar-refractivity contribution < 1.29 is 18.7 Å². The van der Waals surface area contributed by atoms with Gasteiger partial charge in [-0.3, -0.25) is 9.78 Å². The van der Waals surface area contributed by atoms with Crippen molar-refractivity contribution in [2.75, 3.05) is 25.0 Å². The van der Waals surface area contributed by atoms with Crippen molar-refractivity contribution in [3.63, 3.8) is 0 Å². The molecule has 0 bridgehead atoms. The lowest BCUT2D eigenvalue weighted by Crippen LogP contribution is -2.63. The van der Waals surface area contributed by atoms with E-state index in [4.69, 9.17) is 9.15 Å². The number of amides is 2. The van der Waals surface area contributed by atoms with Crippen LogP contribution >= 0.6 is 0 Å². The molecule has 2 N–H and O–H groups in total. The molecule has 9 nitrogen and oxygen atoms in total. The molecule has 4 heterocycles. The van der Waals surface area contributed by atoms with Gasteiger partial charge >= 0.3 is 6.03 Å². The Bertz CT molecular complexity index is 1050. The first-order chi connectivity index (χ1) is 15.2. The van der Waals surface area contributed by atoms with Crippen LogP contribution in [-0.4, -0.2) is 58.5 Å². The van der Waals surface area contributed by atoms with Crippen LogP contribution in [0.25, 0.3) is 0 Å². The Balaban J connectivity index is 1.11. The van der Waals surface area contributed by atoms with Gasteiger partial charge in [-0.2, -0.15) is 0 Å². The molecular weight excluding hydrogens is 398 g/mol. The summed E-state index contributed by atoms with van der Waals surface area (Å²) in [6.45, 7) is 1.91. The van der Waals surface area contributed by atoms with Gasteiger partial charge in [0.05, 0.1) is 6.20 Å². The Labute approximate surface area is 178 Å². The molecule has 0 saturated carbocycles. The lowest BCUT2D eigenvalue weighted by molar-refractivity contribution is 0.0570. The summed E-state index contributed by atoms with van der Waals surface area (Å²) in [6.07, 6.45) is 5.93. The average Bonchev–Trinajstić information content (AvgIpc) is 3.27. The van der Waals surface area contributed by atoms with E-state index in [0.717, 1.165) is 5.56 Å². The number of carbonyl (C=O) groups is 2. The molecular formula is C22H21N5O4. The third-order valence-electron chi connectivity index (χ3n) is 5.59. The number of aromatic nitrogens is 2. The third kappa shape index (κ3) is 3.99. The molecule has 3 aromatic rings. The van der Waals surface area contributed by atoms with Crippen LogP contribution < -0.4 is 15.4 Å². The molecule has 2 atom stereocenters. The summed E-state index contributed by atoms with van der Waals surface area (Å²) in [5.41, 5.74) is 1.84. The number of urea groups is 1. The van der Waals surface area contributed by atoms with Gasteiger partial charge in [-0.05, 0) is 35.9 Å². The van der Waals surface area contributed by atoms with Crippen LogP contribution in [0.1, 0.15) is 22.0 Å². The first-order valence-electron chi connectivity index (χ1n) is 10.1. The van der Waals surface area contributed by atoms with Gasteiger partial charge in [-0.15, -0.1) is 0 Å². The fourth-order valence-electron chi connectivity index (χ4n) is 3.66. The third-order valence-corrected chi connectivity index (χ3v) is 5.59. The second-order valence-corrected chi connectivity index (χ2v) is 7.61. The number of Topliss-reactive ketones (excluding diaryl/α,β-unsaturated/α-hetero) is 1. The standard InChI is InChI=1S/C22H21N5O4/c28-21(19-9-24-13-30-19)20-18(10-25-20)31-17-5-3-16(4-6-17)26-22(29)27-11-15(12-27)14-2-1-7-23-8-14/h1-9,13,15,18,20,25H,10-12H2,(H,26,29). The molecule has 2 saturated heterocycles. The number of pyridine rings is 1. The summed E-state index contributed by atoms with van der Waals surface area (Å²) in [6, 6.07) is 10.5. The highest BCUT2D eigenvalue weighted by Crippen LogP contribution is 2.27. The predicted molar refractivity (Wildman–Crippen MR) is 111 cm³/mol. The maximum absolute atomic E-state index is 12.4. The van der Waals surface area contributed by atoms with E-state index in [1.165, 1.54) is 12.6 Å². The Morgan fingerprint density at radius 2 is 1.97 bits per heavy atom. The minimum absolute atomic E-state index is 0.130. The number of carbonyl (C=O) groups excluding carboxylic acids is 2. The van der Waals surface area contributed by atoms with Crippen molar-refractivity contribution in [1.29, 1.82) is 0 Å². The van der Waals surface area contributed by atoms with Crippen LogP contribution in [0.5, 0.6) is 5.75 Å². The Morgan fingerprint density at radius 3 is 2.61 bits per heavy atom. The SMILES string of the molecule is O=C(c1cnco1)C1NCC1Oc1ccc(NC(=O)N2CC(c3cccnc3)C2)cc1. The summed E-state index contributed by atoms with van der Waals surface area (Å²) in [5, 5.41) is 5.95. The highest BCUT2D eigenvalue weighted by Gasteiger charge is 2.39. The first kappa shape index (κ1) is 19.3. The van der Waals surface area contributed by atoms with Crippen LogP contribution in [0.4, 0.5) is 10.5 Å². The lowest BCUT2D eigenvalue weighted by Gasteiger charge is -2.39. The summed E-state index contributed by atoms with van der Waals surface area (Å²) >= 11 is 0. The second-order valence-electron chi connectivity index (χ2n) is 7.61. The molecule has 158 valence electrons. The van der Waals surface area contributed by atoms with Crippen LogP contribution in [0, 0.1) is 0 Å². The van der Waals surface area contributed by atoms with Crippen molar-refractivity contribution >= 4 is 17.5 Å². The van der Waals surface area contributed by atoms with Crippen LogP contribution in [0.2, 0.25) is 0 Å². The van der Waals surface area contributed by atoms with E-state index in [2.05, 4.69) is 20.6 Å². The van der Waals surface area contributed by atoms with E-state index < -0.39 is 6.04 Å². The van der Waals surface area contributed by atoms with Gasteiger partial charge in [0.15, 0.2) is 12.2 Å². The molecule has 9 heteroatoms. The van der Waals surface area contributed by atoms with E-state index in [1.54, 1.807) is 35.4 Å². The Kier molecular flexibility index (Phi) is 5.09. The first-order valence-corrected chi connectivity index (χ1v) is 10.1. The minimum atomic E-state index is -0.466. The smallest absolute Gasteiger partial charge is 0.321 e.